The number of oxazole rings is 1. The van der Waals surface area contributed by atoms with Crippen LogP contribution in [0.1, 0.15) is 26.5 Å². The van der Waals surface area contributed by atoms with Gasteiger partial charge in [0.1, 0.15) is 9.46 Å². The van der Waals surface area contributed by atoms with Gasteiger partial charge in [0.25, 0.3) is 3.90 Å². The SMILES string of the molecule is CC(C)(C)c1oc(I)nc1I. The lowest BCUT2D eigenvalue weighted by molar-refractivity contribution is 0.390. The maximum Gasteiger partial charge on any atom is 0.258 e. The summed E-state index contributed by atoms with van der Waals surface area (Å²) < 4.78 is 7.14. The topological polar surface area (TPSA) is 26.0 Å². The summed E-state index contributed by atoms with van der Waals surface area (Å²) >= 11 is 4.28. The van der Waals surface area contributed by atoms with Gasteiger partial charge in [0.2, 0.25) is 0 Å². The van der Waals surface area contributed by atoms with E-state index >= 15 is 0 Å². The Bertz CT molecular complexity index is 262. The van der Waals surface area contributed by atoms with Gasteiger partial charge < -0.3 is 4.42 Å². The molecule has 0 atom stereocenters. The standard InChI is InChI=1S/C7H9I2NO/c1-7(2,3)4-5(8)10-6(9)11-4/h1-3H3. The Balaban J connectivity index is 3.13. The maximum absolute atomic E-state index is 5.45. The monoisotopic (exact) mass is 377 g/mol. The smallest absolute Gasteiger partial charge is 0.258 e. The van der Waals surface area contributed by atoms with Gasteiger partial charge in [-0.05, 0) is 22.6 Å². The van der Waals surface area contributed by atoms with Crippen LogP contribution in [0, 0.1) is 7.60 Å². The van der Waals surface area contributed by atoms with E-state index < -0.39 is 0 Å². The van der Waals surface area contributed by atoms with Crippen molar-refractivity contribution in [2.75, 3.05) is 0 Å². The minimum atomic E-state index is 0.0624. The molecule has 1 aromatic heterocycles. The number of hydrogen-bond acceptors (Lipinski definition) is 2. The largest absolute Gasteiger partial charge is 0.435 e. The molecule has 0 radical (unpaired) electrons. The second-order valence-corrected chi connectivity index (χ2v) is 5.28. The predicted octanol–water partition coefficient (Wildman–Crippen LogP) is 3.18. The highest BCUT2D eigenvalue weighted by Crippen LogP contribution is 2.27. The van der Waals surface area contributed by atoms with E-state index in [2.05, 4.69) is 70.9 Å². The molecule has 0 aliphatic rings. The number of halogens is 2. The van der Waals surface area contributed by atoms with E-state index in [1.807, 2.05) is 0 Å². The molecule has 1 aromatic rings. The second-order valence-electron chi connectivity index (χ2n) is 3.34. The van der Waals surface area contributed by atoms with Crippen LogP contribution in [0.5, 0.6) is 0 Å². The molecule has 0 bridgehead atoms. The van der Waals surface area contributed by atoms with Crippen LogP contribution in [0.2, 0.25) is 0 Å². The van der Waals surface area contributed by atoms with Gasteiger partial charge in [-0.15, -0.1) is 0 Å². The molecule has 4 heteroatoms. The Morgan fingerprint density at radius 3 is 2.00 bits per heavy atom. The van der Waals surface area contributed by atoms with Crippen molar-refractivity contribution in [1.82, 2.24) is 4.98 Å². The summed E-state index contributed by atoms with van der Waals surface area (Å²) in [6.07, 6.45) is 0. The van der Waals surface area contributed by atoms with E-state index in [0.29, 0.717) is 0 Å². The summed E-state index contributed by atoms with van der Waals surface area (Å²) in [5.74, 6) is 0.975. The van der Waals surface area contributed by atoms with Crippen molar-refractivity contribution in [2.24, 2.45) is 0 Å². The van der Waals surface area contributed by atoms with E-state index in [-0.39, 0.29) is 5.41 Å². The molecule has 0 aromatic carbocycles. The normalized spacial score (nSPS) is 12.1. The first-order valence-electron chi connectivity index (χ1n) is 3.23. The Kier molecular flexibility index (Phi) is 2.83. The lowest BCUT2D eigenvalue weighted by atomic mass is 9.94. The van der Waals surface area contributed by atoms with E-state index in [0.717, 1.165) is 13.4 Å². The van der Waals surface area contributed by atoms with Crippen LogP contribution in [0.25, 0.3) is 0 Å². The van der Waals surface area contributed by atoms with Crippen LogP contribution in [0.15, 0.2) is 4.42 Å². The van der Waals surface area contributed by atoms with Crippen molar-refractivity contribution < 1.29 is 4.42 Å². The fourth-order valence-corrected chi connectivity index (χ4v) is 2.80. The van der Waals surface area contributed by atoms with Gasteiger partial charge in [-0.3, -0.25) is 0 Å². The number of aromatic nitrogens is 1. The van der Waals surface area contributed by atoms with Crippen molar-refractivity contribution in [3.63, 3.8) is 0 Å². The van der Waals surface area contributed by atoms with Gasteiger partial charge in [0.15, 0.2) is 0 Å². The van der Waals surface area contributed by atoms with Gasteiger partial charge in [-0.25, -0.2) is 0 Å². The molecule has 11 heavy (non-hydrogen) atoms. The van der Waals surface area contributed by atoms with Crippen molar-refractivity contribution in [3.8, 4) is 0 Å². The van der Waals surface area contributed by atoms with E-state index in [9.17, 15) is 0 Å². The van der Waals surface area contributed by atoms with Gasteiger partial charge in [0, 0.05) is 28.0 Å². The zero-order valence-corrected chi connectivity index (χ0v) is 10.9. The molecular formula is C7H9I2NO. The highest BCUT2D eigenvalue weighted by atomic mass is 127. The zero-order valence-electron chi connectivity index (χ0n) is 6.61. The minimum absolute atomic E-state index is 0.0624. The number of nitrogens with zero attached hydrogens (tertiary/aromatic N) is 1. The number of hydrogen-bond donors (Lipinski definition) is 0. The fourth-order valence-electron chi connectivity index (χ4n) is 0.740. The van der Waals surface area contributed by atoms with Crippen LogP contribution in [0.3, 0.4) is 0 Å². The molecule has 0 aliphatic carbocycles. The first-order valence-corrected chi connectivity index (χ1v) is 5.39. The summed E-state index contributed by atoms with van der Waals surface area (Å²) in [6, 6.07) is 0. The summed E-state index contributed by atoms with van der Waals surface area (Å²) in [4.78, 5) is 4.18. The molecule has 0 aliphatic heterocycles. The lowest BCUT2D eigenvalue weighted by Gasteiger charge is -2.13. The van der Waals surface area contributed by atoms with Crippen LogP contribution in [0.4, 0.5) is 0 Å². The minimum Gasteiger partial charge on any atom is -0.435 e. The third kappa shape index (κ3) is 2.30. The summed E-state index contributed by atoms with van der Waals surface area (Å²) in [6.45, 7) is 6.35. The predicted molar refractivity (Wildman–Crippen MR) is 60.6 cm³/mol. The first kappa shape index (κ1) is 9.76. The van der Waals surface area contributed by atoms with Gasteiger partial charge in [-0.1, -0.05) is 20.8 Å². The van der Waals surface area contributed by atoms with E-state index in [1.54, 1.807) is 0 Å². The third-order valence-electron chi connectivity index (χ3n) is 1.24. The average molecular weight is 377 g/mol. The van der Waals surface area contributed by atoms with Crippen molar-refractivity contribution >= 4 is 45.2 Å². The molecule has 0 saturated heterocycles. The summed E-state index contributed by atoms with van der Waals surface area (Å²) in [7, 11) is 0. The van der Waals surface area contributed by atoms with Crippen LogP contribution >= 0.6 is 45.2 Å². The zero-order chi connectivity index (χ0) is 8.65. The van der Waals surface area contributed by atoms with Crippen LogP contribution in [-0.2, 0) is 5.41 Å². The Labute approximate surface area is 93.4 Å². The van der Waals surface area contributed by atoms with Gasteiger partial charge >= 0.3 is 0 Å². The molecule has 0 amide bonds. The summed E-state index contributed by atoms with van der Waals surface area (Å²) in [5.41, 5.74) is 0.0624. The van der Waals surface area contributed by atoms with E-state index in [4.69, 9.17) is 4.42 Å². The number of rotatable bonds is 0. The molecule has 0 spiro atoms. The maximum atomic E-state index is 5.45. The van der Waals surface area contributed by atoms with Crippen LogP contribution in [-0.4, -0.2) is 4.98 Å². The average Bonchev–Trinajstić information content (AvgIpc) is 2.08. The van der Waals surface area contributed by atoms with Crippen molar-refractivity contribution in [2.45, 2.75) is 26.2 Å². The second kappa shape index (κ2) is 3.20. The Hall–Kier alpha value is 0.670. The van der Waals surface area contributed by atoms with Crippen molar-refractivity contribution in [3.05, 3.63) is 13.4 Å². The van der Waals surface area contributed by atoms with Gasteiger partial charge in [0.05, 0.1) is 0 Å². The lowest BCUT2D eigenvalue weighted by Crippen LogP contribution is -2.11. The quantitative estimate of drug-likeness (QED) is 0.650. The molecule has 1 rings (SSSR count). The molecule has 2 nitrogen and oxygen atoms in total. The van der Waals surface area contributed by atoms with Crippen LogP contribution < -0.4 is 0 Å². The molecule has 1 heterocycles. The molecule has 0 saturated carbocycles. The fraction of sp³-hybridized carbons (Fsp3) is 0.571. The molecule has 62 valence electrons. The molecule has 0 N–H and O–H groups in total. The van der Waals surface area contributed by atoms with Crippen molar-refractivity contribution in [1.29, 1.82) is 0 Å². The highest BCUT2D eigenvalue weighted by molar-refractivity contribution is 14.1. The third-order valence-corrected chi connectivity index (χ3v) is 2.43. The molecule has 0 unspecified atom stereocenters. The van der Waals surface area contributed by atoms with Gasteiger partial charge in [-0.2, -0.15) is 4.98 Å². The molecule has 0 fully saturated rings. The molecular weight excluding hydrogens is 368 g/mol. The van der Waals surface area contributed by atoms with E-state index in [1.165, 1.54) is 0 Å². The Morgan fingerprint density at radius 2 is 1.82 bits per heavy atom. The summed E-state index contributed by atoms with van der Waals surface area (Å²) in [5, 5.41) is 0. The Morgan fingerprint density at radius 1 is 1.27 bits per heavy atom. The highest BCUT2D eigenvalue weighted by Gasteiger charge is 2.22. The first-order chi connectivity index (χ1) is 4.91.